The van der Waals surface area contributed by atoms with Gasteiger partial charge in [-0.2, -0.15) is 0 Å². The van der Waals surface area contributed by atoms with E-state index >= 15 is 0 Å². The predicted octanol–water partition coefficient (Wildman–Crippen LogP) is 1.60. The summed E-state index contributed by atoms with van der Waals surface area (Å²) in [7, 11) is 0. The summed E-state index contributed by atoms with van der Waals surface area (Å²) < 4.78 is 9.78. The molecule has 4 heteroatoms. The van der Waals surface area contributed by atoms with Crippen LogP contribution < -0.4 is 0 Å². The molecule has 0 atom stereocenters. The van der Waals surface area contributed by atoms with Crippen molar-refractivity contribution in [3.05, 3.63) is 24.2 Å². The molecule has 78 valence electrons. The molecule has 0 spiro atoms. The SMILES string of the molecule is O=C(OCCCCCO)c1ccco1. The third-order valence-electron chi connectivity index (χ3n) is 1.76. The van der Waals surface area contributed by atoms with E-state index in [1.807, 2.05) is 0 Å². The molecule has 0 bridgehead atoms. The van der Waals surface area contributed by atoms with Crippen LogP contribution in [0.2, 0.25) is 0 Å². The van der Waals surface area contributed by atoms with Crippen molar-refractivity contribution < 1.29 is 19.1 Å². The largest absolute Gasteiger partial charge is 0.460 e. The first-order valence-corrected chi connectivity index (χ1v) is 4.66. The number of ether oxygens (including phenoxy) is 1. The van der Waals surface area contributed by atoms with Gasteiger partial charge in [0.2, 0.25) is 5.76 Å². The van der Waals surface area contributed by atoms with Crippen LogP contribution in [-0.4, -0.2) is 24.3 Å². The van der Waals surface area contributed by atoms with Gasteiger partial charge >= 0.3 is 5.97 Å². The van der Waals surface area contributed by atoms with E-state index < -0.39 is 5.97 Å². The van der Waals surface area contributed by atoms with Crippen LogP contribution in [0.1, 0.15) is 29.8 Å². The lowest BCUT2D eigenvalue weighted by Gasteiger charge is -2.01. The van der Waals surface area contributed by atoms with Gasteiger partial charge in [-0.3, -0.25) is 0 Å². The van der Waals surface area contributed by atoms with Gasteiger partial charge in [-0.05, 0) is 31.4 Å². The number of hydrogen-bond donors (Lipinski definition) is 1. The van der Waals surface area contributed by atoms with Crippen LogP contribution in [0.25, 0.3) is 0 Å². The van der Waals surface area contributed by atoms with Gasteiger partial charge in [0.05, 0.1) is 12.9 Å². The summed E-state index contributed by atoms with van der Waals surface area (Å²) in [5.74, 6) is -0.203. The topological polar surface area (TPSA) is 59.7 Å². The number of aliphatic hydroxyl groups is 1. The molecule has 1 aromatic heterocycles. The number of esters is 1. The number of carbonyl (C=O) groups is 1. The number of furan rings is 1. The normalized spacial score (nSPS) is 10.1. The molecule has 0 saturated heterocycles. The molecule has 1 N–H and O–H groups in total. The summed E-state index contributed by atoms with van der Waals surface area (Å²) in [6.07, 6.45) is 3.82. The van der Waals surface area contributed by atoms with Crippen LogP contribution in [0.15, 0.2) is 22.8 Å². The van der Waals surface area contributed by atoms with Crippen LogP contribution in [-0.2, 0) is 4.74 Å². The zero-order valence-electron chi connectivity index (χ0n) is 7.94. The van der Waals surface area contributed by atoms with Crippen molar-refractivity contribution in [2.75, 3.05) is 13.2 Å². The molecule has 0 aliphatic heterocycles. The smallest absolute Gasteiger partial charge is 0.374 e. The molecule has 0 saturated carbocycles. The van der Waals surface area contributed by atoms with E-state index in [-0.39, 0.29) is 12.4 Å². The Kier molecular flexibility index (Phi) is 4.78. The second-order valence-electron chi connectivity index (χ2n) is 2.90. The van der Waals surface area contributed by atoms with Crippen molar-refractivity contribution >= 4 is 5.97 Å². The van der Waals surface area contributed by atoms with Crippen LogP contribution in [0.4, 0.5) is 0 Å². The Hall–Kier alpha value is -1.29. The minimum absolute atomic E-state index is 0.187. The van der Waals surface area contributed by atoms with Crippen LogP contribution in [0.3, 0.4) is 0 Å². The number of hydrogen-bond acceptors (Lipinski definition) is 4. The van der Waals surface area contributed by atoms with Crippen LogP contribution in [0, 0.1) is 0 Å². The Balaban J connectivity index is 2.10. The highest BCUT2D eigenvalue weighted by Gasteiger charge is 2.08. The maximum absolute atomic E-state index is 11.2. The van der Waals surface area contributed by atoms with Crippen molar-refractivity contribution in [3.8, 4) is 0 Å². The first-order chi connectivity index (χ1) is 6.84. The van der Waals surface area contributed by atoms with E-state index in [1.54, 1.807) is 12.1 Å². The van der Waals surface area contributed by atoms with E-state index in [9.17, 15) is 4.79 Å². The fourth-order valence-corrected chi connectivity index (χ4v) is 1.02. The van der Waals surface area contributed by atoms with E-state index in [4.69, 9.17) is 14.3 Å². The van der Waals surface area contributed by atoms with E-state index in [1.165, 1.54) is 6.26 Å². The fraction of sp³-hybridized carbons (Fsp3) is 0.500. The van der Waals surface area contributed by atoms with Crippen LogP contribution in [0.5, 0.6) is 0 Å². The molecule has 0 fully saturated rings. The maximum atomic E-state index is 11.2. The Bertz CT molecular complexity index is 253. The van der Waals surface area contributed by atoms with Gasteiger partial charge in [-0.1, -0.05) is 0 Å². The molecule has 4 nitrogen and oxygen atoms in total. The molecular weight excluding hydrogens is 184 g/mol. The first kappa shape index (κ1) is 10.8. The Morgan fingerprint density at radius 3 is 2.93 bits per heavy atom. The minimum atomic E-state index is -0.431. The second-order valence-corrected chi connectivity index (χ2v) is 2.90. The highest BCUT2D eigenvalue weighted by atomic mass is 16.5. The average molecular weight is 198 g/mol. The van der Waals surface area contributed by atoms with E-state index in [0.717, 1.165) is 19.3 Å². The maximum Gasteiger partial charge on any atom is 0.374 e. The number of rotatable bonds is 6. The summed E-state index contributed by atoms with van der Waals surface area (Å²) in [5, 5.41) is 8.50. The van der Waals surface area contributed by atoms with Gasteiger partial charge in [-0.25, -0.2) is 4.79 Å². The highest BCUT2D eigenvalue weighted by Crippen LogP contribution is 2.03. The zero-order valence-corrected chi connectivity index (χ0v) is 7.94. The molecule has 0 amide bonds. The first-order valence-electron chi connectivity index (χ1n) is 4.66. The summed E-state index contributed by atoms with van der Waals surface area (Å²) in [4.78, 5) is 11.2. The lowest BCUT2D eigenvalue weighted by molar-refractivity contribution is 0.0460. The van der Waals surface area contributed by atoms with Gasteiger partial charge in [0.25, 0.3) is 0 Å². The second kappa shape index (κ2) is 6.21. The van der Waals surface area contributed by atoms with Gasteiger partial charge in [-0.15, -0.1) is 0 Å². The summed E-state index contributed by atoms with van der Waals surface area (Å²) in [6.45, 7) is 0.561. The third-order valence-corrected chi connectivity index (χ3v) is 1.76. The lowest BCUT2D eigenvalue weighted by atomic mass is 10.2. The van der Waals surface area contributed by atoms with Crippen molar-refractivity contribution in [1.82, 2.24) is 0 Å². The average Bonchev–Trinajstić information content (AvgIpc) is 2.70. The quantitative estimate of drug-likeness (QED) is 0.557. The fourth-order valence-electron chi connectivity index (χ4n) is 1.02. The van der Waals surface area contributed by atoms with Gasteiger partial charge < -0.3 is 14.3 Å². The number of unbranched alkanes of at least 4 members (excludes halogenated alkanes) is 2. The molecule has 1 rings (SSSR count). The standard InChI is InChI=1S/C10H14O4/c11-6-2-1-3-7-14-10(12)9-5-4-8-13-9/h4-5,8,11H,1-3,6-7H2. The summed E-state index contributed by atoms with van der Waals surface area (Å²) in [6, 6.07) is 3.21. The Labute approximate surface area is 82.5 Å². The molecule has 1 aromatic rings. The molecule has 14 heavy (non-hydrogen) atoms. The third kappa shape index (κ3) is 3.62. The Morgan fingerprint density at radius 1 is 1.43 bits per heavy atom. The molecular formula is C10H14O4. The van der Waals surface area contributed by atoms with E-state index in [2.05, 4.69) is 0 Å². The van der Waals surface area contributed by atoms with Crippen molar-refractivity contribution in [3.63, 3.8) is 0 Å². The number of aliphatic hydroxyl groups excluding tert-OH is 1. The van der Waals surface area contributed by atoms with Gasteiger partial charge in [0.1, 0.15) is 0 Å². The highest BCUT2D eigenvalue weighted by molar-refractivity contribution is 5.86. The summed E-state index contributed by atoms with van der Waals surface area (Å²) in [5.41, 5.74) is 0. The van der Waals surface area contributed by atoms with Gasteiger partial charge in [0.15, 0.2) is 0 Å². The van der Waals surface area contributed by atoms with Crippen molar-refractivity contribution in [2.45, 2.75) is 19.3 Å². The van der Waals surface area contributed by atoms with Crippen molar-refractivity contribution in [2.24, 2.45) is 0 Å². The molecule has 0 aromatic carbocycles. The van der Waals surface area contributed by atoms with Crippen LogP contribution >= 0.6 is 0 Å². The molecule has 0 radical (unpaired) electrons. The molecule has 0 unspecified atom stereocenters. The monoisotopic (exact) mass is 198 g/mol. The minimum Gasteiger partial charge on any atom is -0.460 e. The van der Waals surface area contributed by atoms with Crippen molar-refractivity contribution in [1.29, 1.82) is 0 Å². The van der Waals surface area contributed by atoms with E-state index in [0.29, 0.717) is 6.61 Å². The Morgan fingerprint density at radius 2 is 2.29 bits per heavy atom. The zero-order chi connectivity index (χ0) is 10.2. The predicted molar refractivity (Wildman–Crippen MR) is 49.9 cm³/mol. The van der Waals surface area contributed by atoms with Gasteiger partial charge in [0, 0.05) is 6.61 Å². The number of carbonyl (C=O) groups excluding carboxylic acids is 1. The molecule has 0 aliphatic rings. The lowest BCUT2D eigenvalue weighted by Crippen LogP contribution is -2.05. The molecule has 1 heterocycles. The summed E-state index contributed by atoms with van der Waals surface area (Å²) >= 11 is 0. The molecule has 0 aliphatic carbocycles.